The Balaban J connectivity index is 0.00000121. The van der Waals surface area contributed by atoms with Crippen LogP contribution in [-0.4, -0.2) is 12.2 Å². The first-order valence-electron chi connectivity index (χ1n) is 3.36. The van der Waals surface area contributed by atoms with Crippen molar-refractivity contribution in [3.05, 3.63) is 27.3 Å². The van der Waals surface area contributed by atoms with Crippen molar-refractivity contribution in [2.75, 3.05) is 7.05 Å². The van der Waals surface area contributed by atoms with Crippen LogP contribution in [0.5, 0.6) is 5.75 Å². The number of para-hydroxylation sites is 1. The zero-order valence-electron chi connectivity index (χ0n) is 6.67. The third-order valence-corrected chi connectivity index (χ3v) is 2.31. The highest BCUT2D eigenvalue weighted by Crippen LogP contribution is 2.23. The molecule has 0 bridgehead atoms. The van der Waals surface area contributed by atoms with Gasteiger partial charge in [0.2, 0.25) is 0 Å². The van der Waals surface area contributed by atoms with Crippen LogP contribution in [-0.2, 0) is 6.54 Å². The van der Waals surface area contributed by atoms with Gasteiger partial charge >= 0.3 is 0 Å². The molecule has 0 aliphatic carbocycles. The van der Waals surface area contributed by atoms with Gasteiger partial charge < -0.3 is 10.4 Å². The molecule has 0 aliphatic heterocycles. The molecule has 0 amide bonds. The molecule has 0 atom stereocenters. The monoisotopic (exact) mass is 299 g/mol. The largest absolute Gasteiger partial charge is 0.507 e. The number of hydrogen-bond acceptors (Lipinski definition) is 2. The number of rotatable bonds is 2. The van der Waals surface area contributed by atoms with Gasteiger partial charge in [-0.2, -0.15) is 0 Å². The molecule has 12 heavy (non-hydrogen) atoms. The van der Waals surface area contributed by atoms with Gasteiger partial charge in [-0.25, -0.2) is 0 Å². The van der Waals surface area contributed by atoms with Crippen LogP contribution in [0.1, 0.15) is 5.56 Å². The van der Waals surface area contributed by atoms with Gasteiger partial charge in [0.25, 0.3) is 0 Å². The predicted molar refractivity (Wildman–Crippen MR) is 60.8 cm³/mol. The lowest BCUT2D eigenvalue weighted by Gasteiger charge is -2.04. The molecular weight excluding hydrogens is 288 g/mol. The summed E-state index contributed by atoms with van der Waals surface area (Å²) >= 11 is 2.11. The minimum absolute atomic E-state index is 0. The number of aromatic hydroxyl groups is 1. The van der Waals surface area contributed by atoms with Crippen LogP contribution in [0, 0.1) is 3.57 Å². The molecule has 2 nitrogen and oxygen atoms in total. The van der Waals surface area contributed by atoms with E-state index in [1.54, 1.807) is 0 Å². The number of benzene rings is 1. The molecule has 0 aliphatic rings. The molecule has 0 saturated heterocycles. The van der Waals surface area contributed by atoms with Gasteiger partial charge in [-0.05, 0) is 35.7 Å². The molecular formula is C8H11ClINO. The topological polar surface area (TPSA) is 32.3 Å². The summed E-state index contributed by atoms with van der Waals surface area (Å²) in [6.07, 6.45) is 0. The lowest BCUT2D eigenvalue weighted by molar-refractivity contribution is 0.462. The molecule has 68 valence electrons. The Bertz CT molecular complexity index is 255. The Morgan fingerprint density at radius 1 is 1.50 bits per heavy atom. The minimum Gasteiger partial charge on any atom is -0.507 e. The number of hydrogen-bond donors (Lipinski definition) is 2. The SMILES string of the molecule is CNCc1cccc(I)c1O.Cl. The van der Waals surface area contributed by atoms with E-state index in [0.29, 0.717) is 12.3 Å². The van der Waals surface area contributed by atoms with Gasteiger partial charge in [-0.3, -0.25) is 0 Å². The quantitative estimate of drug-likeness (QED) is 0.820. The average molecular weight is 300 g/mol. The average Bonchev–Trinajstić information content (AvgIpc) is 1.99. The van der Waals surface area contributed by atoms with E-state index >= 15 is 0 Å². The summed E-state index contributed by atoms with van der Waals surface area (Å²) in [4.78, 5) is 0. The summed E-state index contributed by atoms with van der Waals surface area (Å²) in [5.41, 5.74) is 0.944. The molecule has 2 N–H and O–H groups in total. The maximum atomic E-state index is 9.48. The van der Waals surface area contributed by atoms with Gasteiger partial charge in [0, 0.05) is 12.1 Å². The molecule has 0 aromatic heterocycles. The van der Waals surface area contributed by atoms with E-state index in [2.05, 4.69) is 27.9 Å². The smallest absolute Gasteiger partial charge is 0.133 e. The third kappa shape index (κ3) is 2.80. The summed E-state index contributed by atoms with van der Waals surface area (Å²) in [7, 11) is 1.86. The van der Waals surface area contributed by atoms with Crippen LogP contribution in [0.3, 0.4) is 0 Å². The molecule has 1 aromatic rings. The molecule has 0 fully saturated rings. The van der Waals surface area contributed by atoms with Crippen LogP contribution in [0.2, 0.25) is 0 Å². The summed E-state index contributed by atoms with van der Waals surface area (Å²) in [5, 5.41) is 12.5. The minimum atomic E-state index is 0. The fourth-order valence-corrected chi connectivity index (χ4v) is 1.45. The van der Waals surface area contributed by atoms with E-state index < -0.39 is 0 Å². The Labute approximate surface area is 91.9 Å². The molecule has 0 radical (unpaired) electrons. The van der Waals surface area contributed by atoms with Crippen molar-refractivity contribution in [2.45, 2.75) is 6.54 Å². The second kappa shape index (κ2) is 5.61. The van der Waals surface area contributed by atoms with Crippen molar-refractivity contribution < 1.29 is 5.11 Å². The number of phenols is 1. The molecule has 0 heterocycles. The second-order valence-electron chi connectivity index (χ2n) is 2.28. The van der Waals surface area contributed by atoms with Gasteiger partial charge in [0.05, 0.1) is 3.57 Å². The molecule has 4 heteroatoms. The van der Waals surface area contributed by atoms with Crippen LogP contribution >= 0.6 is 35.0 Å². The standard InChI is InChI=1S/C8H10INO.ClH/c1-10-5-6-3-2-4-7(9)8(6)11;/h2-4,10-11H,5H2,1H3;1H. The van der Waals surface area contributed by atoms with E-state index in [4.69, 9.17) is 0 Å². The molecule has 0 saturated carbocycles. The fourth-order valence-electron chi connectivity index (χ4n) is 0.893. The van der Waals surface area contributed by atoms with Crippen molar-refractivity contribution in [3.63, 3.8) is 0 Å². The van der Waals surface area contributed by atoms with Gasteiger partial charge in [0.1, 0.15) is 5.75 Å². The van der Waals surface area contributed by atoms with Crippen molar-refractivity contribution in [2.24, 2.45) is 0 Å². The Hall–Kier alpha value is -0.000000000000000111. The zero-order valence-corrected chi connectivity index (χ0v) is 9.65. The van der Waals surface area contributed by atoms with Crippen LogP contribution in [0.25, 0.3) is 0 Å². The molecule has 1 rings (SSSR count). The number of halogens is 2. The van der Waals surface area contributed by atoms with Crippen molar-refractivity contribution in [1.29, 1.82) is 0 Å². The van der Waals surface area contributed by atoms with Gasteiger partial charge in [0.15, 0.2) is 0 Å². The predicted octanol–water partition coefficient (Wildman–Crippen LogP) is 2.14. The highest BCUT2D eigenvalue weighted by molar-refractivity contribution is 14.1. The maximum absolute atomic E-state index is 9.48. The first-order chi connectivity index (χ1) is 5.25. The van der Waals surface area contributed by atoms with Gasteiger partial charge in [-0.1, -0.05) is 12.1 Å². The molecule has 1 aromatic carbocycles. The van der Waals surface area contributed by atoms with E-state index in [1.165, 1.54) is 0 Å². The molecule has 0 spiro atoms. The van der Waals surface area contributed by atoms with Gasteiger partial charge in [-0.15, -0.1) is 12.4 Å². The lowest BCUT2D eigenvalue weighted by Crippen LogP contribution is -2.05. The Morgan fingerprint density at radius 2 is 2.17 bits per heavy atom. The van der Waals surface area contributed by atoms with Crippen molar-refractivity contribution in [1.82, 2.24) is 5.32 Å². The van der Waals surface area contributed by atoms with E-state index in [-0.39, 0.29) is 12.4 Å². The van der Waals surface area contributed by atoms with E-state index in [9.17, 15) is 5.11 Å². The summed E-state index contributed by atoms with van der Waals surface area (Å²) < 4.78 is 0.898. The number of phenolic OH excluding ortho intramolecular Hbond substituents is 1. The van der Waals surface area contributed by atoms with Crippen LogP contribution < -0.4 is 5.32 Å². The third-order valence-electron chi connectivity index (χ3n) is 1.44. The fraction of sp³-hybridized carbons (Fsp3) is 0.250. The summed E-state index contributed by atoms with van der Waals surface area (Å²) in [6.45, 7) is 0.711. The normalized spacial score (nSPS) is 9.17. The zero-order chi connectivity index (χ0) is 8.27. The second-order valence-corrected chi connectivity index (χ2v) is 3.44. The van der Waals surface area contributed by atoms with E-state index in [1.807, 2.05) is 25.2 Å². The van der Waals surface area contributed by atoms with E-state index in [0.717, 1.165) is 9.13 Å². The molecule has 0 unspecified atom stereocenters. The van der Waals surface area contributed by atoms with Crippen molar-refractivity contribution >= 4 is 35.0 Å². The highest BCUT2D eigenvalue weighted by atomic mass is 127. The van der Waals surface area contributed by atoms with Crippen LogP contribution in [0.15, 0.2) is 18.2 Å². The number of nitrogens with one attached hydrogen (secondary N) is 1. The summed E-state index contributed by atoms with van der Waals surface area (Å²) in [5.74, 6) is 0.391. The Kier molecular flexibility index (Phi) is 5.61. The highest BCUT2D eigenvalue weighted by Gasteiger charge is 2.01. The first kappa shape index (κ1) is 12.0. The van der Waals surface area contributed by atoms with Crippen molar-refractivity contribution in [3.8, 4) is 5.75 Å². The summed E-state index contributed by atoms with van der Waals surface area (Å²) in [6, 6.07) is 5.73. The maximum Gasteiger partial charge on any atom is 0.133 e. The Morgan fingerprint density at radius 3 is 2.75 bits per heavy atom. The lowest BCUT2D eigenvalue weighted by atomic mass is 10.2. The first-order valence-corrected chi connectivity index (χ1v) is 4.44. The van der Waals surface area contributed by atoms with Crippen LogP contribution in [0.4, 0.5) is 0 Å².